The quantitative estimate of drug-likeness (QED) is 0.834. The first kappa shape index (κ1) is 14.7. The van der Waals surface area contributed by atoms with E-state index in [0.717, 1.165) is 44.3 Å². The van der Waals surface area contributed by atoms with Gasteiger partial charge in [0.2, 0.25) is 0 Å². The smallest absolute Gasteiger partial charge is 0.321 e. The molecule has 1 heterocycles. The standard InChI is InChI=1S/C16H21ClN2O2/c17-12-4-6-13(7-5-12)18-15(21)19-10-2-9-16(11-19)8-1-3-14(16)20/h4-7,14,20H,1-3,8-11H2,(H,18,21)/t14?,16-/m0/s1. The van der Waals surface area contributed by atoms with Crippen LogP contribution in [0, 0.1) is 5.41 Å². The van der Waals surface area contributed by atoms with E-state index in [-0.39, 0.29) is 17.6 Å². The Labute approximate surface area is 130 Å². The lowest BCUT2D eigenvalue weighted by molar-refractivity contribution is 0.00400. The second-order valence-electron chi connectivity index (χ2n) is 6.23. The number of aliphatic hydroxyl groups is 1. The molecule has 1 saturated heterocycles. The summed E-state index contributed by atoms with van der Waals surface area (Å²) < 4.78 is 0. The lowest BCUT2D eigenvalue weighted by Crippen LogP contribution is -2.50. The number of nitrogens with zero attached hydrogens (tertiary/aromatic N) is 1. The van der Waals surface area contributed by atoms with Crippen molar-refractivity contribution in [2.75, 3.05) is 18.4 Å². The summed E-state index contributed by atoms with van der Waals surface area (Å²) in [6, 6.07) is 7.02. The average molecular weight is 309 g/mol. The van der Waals surface area contributed by atoms with Crippen molar-refractivity contribution >= 4 is 23.3 Å². The molecule has 0 aromatic heterocycles. The summed E-state index contributed by atoms with van der Waals surface area (Å²) in [7, 11) is 0. The molecule has 1 aromatic rings. The largest absolute Gasteiger partial charge is 0.392 e. The molecule has 1 aliphatic carbocycles. The Morgan fingerprint density at radius 3 is 2.67 bits per heavy atom. The second-order valence-corrected chi connectivity index (χ2v) is 6.67. The van der Waals surface area contributed by atoms with Gasteiger partial charge in [0.25, 0.3) is 0 Å². The van der Waals surface area contributed by atoms with Crippen LogP contribution in [0.3, 0.4) is 0 Å². The lowest BCUT2D eigenvalue weighted by atomic mass is 9.77. The van der Waals surface area contributed by atoms with E-state index in [9.17, 15) is 9.90 Å². The molecule has 1 aromatic carbocycles. The van der Waals surface area contributed by atoms with Crippen LogP contribution >= 0.6 is 11.6 Å². The summed E-state index contributed by atoms with van der Waals surface area (Å²) >= 11 is 5.84. The van der Waals surface area contributed by atoms with Gasteiger partial charge in [-0.3, -0.25) is 0 Å². The number of carbonyl (C=O) groups is 1. The predicted octanol–water partition coefficient (Wildman–Crippen LogP) is 3.50. The highest BCUT2D eigenvalue weighted by Gasteiger charge is 2.45. The summed E-state index contributed by atoms with van der Waals surface area (Å²) in [6.45, 7) is 1.42. The molecule has 1 spiro atoms. The Bertz CT molecular complexity index is 520. The van der Waals surface area contributed by atoms with Gasteiger partial charge in [-0.1, -0.05) is 18.0 Å². The van der Waals surface area contributed by atoms with Crippen LogP contribution in [0.1, 0.15) is 32.1 Å². The van der Waals surface area contributed by atoms with Crippen molar-refractivity contribution in [2.45, 2.75) is 38.2 Å². The van der Waals surface area contributed by atoms with Crippen LogP contribution in [0.2, 0.25) is 5.02 Å². The van der Waals surface area contributed by atoms with Crippen molar-refractivity contribution < 1.29 is 9.90 Å². The number of benzene rings is 1. The van der Waals surface area contributed by atoms with Crippen molar-refractivity contribution in [2.24, 2.45) is 5.41 Å². The maximum atomic E-state index is 12.4. The van der Waals surface area contributed by atoms with Gasteiger partial charge in [-0.05, 0) is 49.9 Å². The van der Waals surface area contributed by atoms with E-state index in [4.69, 9.17) is 11.6 Å². The van der Waals surface area contributed by atoms with Crippen molar-refractivity contribution in [3.05, 3.63) is 29.3 Å². The molecule has 1 aliphatic heterocycles. The Balaban J connectivity index is 1.66. The second kappa shape index (κ2) is 5.85. The molecule has 2 aliphatic rings. The van der Waals surface area contributed by atoms with Gasteiger partial charge in [0.15, 0.2) is 0 Å². The van der Waals surface area contributed by atoms with E-state index in [1.54, 1.807) is 24.3 Å². The van der Waals surface area contributed by atoms with E-state index >= 15 is 0 Å². The molecule has 114 valence electrons. The maximum Gasteiger partial charge on any atom is 0.321 e. The zero-order valence-electron chi connectivity index (χ0n) is 12.0. The summed E-state index contributed by atoms with van der Waals surface area (Å²) in [6.07, 6.45) is 4.69. The molecule has 3 rings (SSSR count). The predicted molar refractivity (Wildman–Crippen MR) is 83.6 cm³/mol. The first-order valence-electron chi connectivity index (χ1n) is 7.59. The monoisotopic (exact) mass is 308 g/mol. The number of piperidine rings is 1. The summed E-state index contributed by atoms with van der Waals surface area (Å²) in [5.41, 5.74) is 0.672. The molecule has 0 radical (unpaired) electrons. The third-order valence-corrected chi connectivity index (χ3v) is 5.10. The molecule has 2 N–H and O–H groups in total. The summed E-state index contributed by atoms with van der Waals surface area (Å²) in [5.74, 6) is 0. The van der Waals surface area contributed by atoms with Crippen LogP contribution in [0.4, 0.5) is 10.5 Å². The molecular weight excluding hydrogens is 288 g/mol. The van der Waals surface area contributed by atoms with Crippen molar-refractivity contribution in [1.82, 2.24) is 4.90 Å². The molecule has 0 bridgehead atoms. The van der Waals surface area contributed by atoms with Crippen molar-refractivity contribution in [3.63, 3.8) is 0 Å². The van der Waals surface area contributed by atoms with E-state index in [0.29, 0.717) is 11.6 Å². The van der Waals surface area contributed by atoms with Crippen LogP contribution in [0.5, 0.6) is 0 Å². The zero-order chi connectivity index (χ0) is 14.9. The third kappa shape index (κ3) is 3.01. The molecule has 21 heavy (non-hydrogen) atoms. The first-order valence-corrected chi connectivity index (χ1v) is 7.96. The van der Waals surface area contributed by atoms with Crippen LogP contribution < -0.4 is 5.32 Å². The van der Waals surface area contributed by atoms with Crippen LogP contribution in [-0.2, 0) is 0 Å². The van der Waals surface area contributed by atoms with Crippen molar-refractivity contribution in [3.8, 4) is 0 Å². The normalized spacial score (nSPS) is 28.9. The molecule has 2 fully saturated rings. The van der Waals surface area contributed by atoms with Crippen LogP contribution in [-0.4, -0.2) is 35.2 Å². The van der Waals surface area contributed by atoms with Gasteiger partial charge in [0.05, 0.1) is 6.10 Å². The number of hydrogen-bond acceptors (Lipinski definition) is 2. The minimum atomic E-state index is -0.261. The number of halogens is 1. The Hall–Kier alpha value is -1.26. The molecule has 1 unspecified atom stereocenters. The Morgan fingerprint density at radius 2 is 2.00 bits per heavy atom. The molecule has 2 amide bonds. The molecule has 2 atom stereocenters. The highest BCUT2D eigenvalue weighted by atomic mass is 35.5. The number of amides is 2. The highest BCUT2D eigenvalue weighted by molar-refractivity contribution is 6.30. The number of carbonyl (C=O) groups excluding carboxylic acids is 1. The van der Waals surface area contributed by atoms with Gasteiger partial charge in [0, 0.05) is 29.2 Å². The molecule has 5 heteroatoms. The van der Waals surface area contributed by atoms with Crippen molar-refractivity contribution in [1.29, 1.82) is 0 Å². The summed E-state index contributed by atoms with van der Waals surface area (Å²) in [5, 5.41) is 13.8. The number of aliphatic hydroxyl groups excluding tert-OH is 1. The number of rotatable bonds is 1. The van der Waals surface area contributed by atoms with Gasteiger partial charge in [0.1, 0.15) is 0 Å². The van der Waals surface area contributed by atoms with Gasteiger partial charge in [-0.2, -0.15) is 0 Å². The van der Waals surface area contributed by atoms with E-state index in [1.165, 1.54) is 0 Å². The Kier molecular flexibility index (Phi) is 4.09. The van der Waals surface area contributed by atoms with Crippen LogP contribution in [0.15, 0.2) is 24.3 Å². The fraction of sp³-hybridized carbons (Fsp3) is 0.562. The van der Waals surface area contributed by atoms with E-state index in [1.807, 2.05) is 4.90 Å². The molecule has 1 saturated carbocycles. The average Bonchev–Trinajstić information content (AvgIpc) is 2.82. The molecular formula is C16H21ClN2O2. The fourth-order valence-electron chi connectivity index (χ4n) is 3.67. The van der Waals surface area contributed by atoms with Gasteiger partial charge in [-0.15, -0.1) is 0 Å². The minimum absolute atomic E-state index is 0.0738. The SMILES string of the molecule is O=C(Nc1ccc(Cl)cc1)N1CCC[C@@]2(CCCC2O)C1. The fourth-order valence-corrected chi connectivity index (χ4v) is 3.79. The minimum Gasteiger partial charge on any atom is -0.392 e. The summed E-state index contributed by atoms with van der Waals surface area (Å²) in [4.78, 5) is 14.2. The molecule has 4 nitrogen and oxygen atoms in total. The van der Waals surface area contributed by atoms with Crippen LogP contribution in [0.25, 0.3) is 0 Å². The highest BCUT2D eigenvalue weighted by Crippen LogP contribution is 2.45. The Morgan fingerprint density at radius 1 is 1.29 bits per heavy atom. The number of anilines is 1. The first-order chi connectivity index (χ1) is 10.1. The number of hydrogen-bond donors (Lipinski definition) is 2. The lowest BCUT2D eigenvalue weighted by Gasteiger charge is -2.42. The topological polar surface area (TPSA) is 52.6 Å². The maximum absolute atomic E-state index is 12.4. The van der Waals surface area contributed by atoms with E-state index in [2.05, 4.69) is 5.32 Å². The number of urea groups is 1. The van der Waals surface area contributed by atoms with E-state index < -0.39 is 0 Å². The number of nitrogens with one attached hydrogen (secondary N) is 1. The third-order valence-electron chi connectivity index (χ3n) is 4.85. The van der Waals surface area contributed by atoms with Gasteiger partial charge < -0.3 is 15.3 Å². The van der Waals surface area contributed by atoms with Gasteiger partial charge >= 0.3 is 6.03 Å². The number of likely N-dealkylation sites (tertiary alicyclic amines) is 1. The van der Waals surface area contributed by atoms with Gasteiger partial charge in [-0.25, -0.2) is 4.79 Å². The zero-order valence-corrected chi connectivity index (χ0v) is 12.8.